The predicted octanol–water partition coefficient (Wildman–Crippen LogP) is 4.61. The van der Waals surface area contributed by atoms with Crippen molar-refractivity contribution in [2.75, 3.05) is 18.0 Å². The van der Waals surface area contributed by atoms with Crippen LogP contribution in [-0.4, -0.2) is 42.1 Å². The molecule has 1 saturated heterocycles. The lowest BCUT2D eigenvalue weighted by molar-refractivity contribution is 0.0706. The minimum Gasteiger partial charge on any atom is -0.423 e. The molecule has 1 aliphatic heterocycles. The summed E-state index contributed by atoms with van der Waals surface area (Å²) in [6, 6.07) is 4.79. The number of piperazine rings is 1. The van der Waals surface area contributed by atoms with Crippen molar-refractivity contribution in [1.82, 2.24) is 15.6 Å². The third kappa shape index (κ3) is 3.93. The van der Waals surface area contributed by atoms with Gasteiger partial charge in [0.15, 0.2) is 5.58 Å². The molecule has 168 valence electrons. The summed E-state index contributed by atoms with van der Waals surface area (Å²) in [6.45, 7) is 8.44. The Morgan fingerprint density at radius 2 is 1.84 bits per heavy atom. The highest BCUT2D eigenvalue weighted by atomic mass is 35.5. The van der Waals surface area contributed by atoms with Crippen LogP contribution >= 0.6 is 11.6 Å². The van der Waals surface area contributed by atoms with Gasteiger partial charge in [-0.1, -0.05) is 37.8 Å². The highest BCUT2D eigenvalue weighted by Gasteiger charge is 2.38. The second kappa shape index (κ2) is 8.28. The molecule has 31 heavy (non-hydrogen) atoms. The fourth-order valence-corrected chi connectivity index (χ4v) is 6.41. The molecule has 6 nitrogen and oxygen atoms in total. The quantitative estimate of drug-likeness (QED) is 0.723. The van der Waals surface area contributed by atoms with E-state index in [0.29, 0.717) is 27.7 Å². The monoisotopic (exact) mass is 444 g/mol. The Balaban J connectivity index is 1.41. The molecule has 2 bridgehead atoms. The second-order valence-electron chi connectivity index (χ2n) is 10.0. The van der Waals surface area contributed by atoms with E-state index in [1.807, 2.05) is 0 Å². The van der Waals surface area contributed by atoms with Gasteiger partial charge in [0.1, 0.15) is 5.52 Å². The van der Waals surface area contributed by atoms with Gasteiger partial charge in [-0.2, -0.15) is 4.98 Å². The highest BCUT2D eigenvalue weighted by Crippen LogP contribution is 2.44. The zero-order valence-electron chi connectivity index (χ0n) is 18.7. The number of hydrogen-bond acceptors (Lipinski definition) is 5. The first-order valence-corrected chi connectivity index (χ1v) is 12.2. The van der Waals surface area contributed by atoms with E-state index < -0.39 is 0 Å². The molecule has 3 fully saturated rings. The number of halogens is 1. The molecule has 5 rings (SSSR count). The maximum absolute atomic E-state index is 13.3. The molecule has 2 saturated carbocycles. The van der Waals surface area contributed by atoms with E-state index in [1.54, 1.807) is 12.1 Å². The van der Waals surface area contributed by atoms with E-state index >= 15 is 0 Å². The van der Waals surface area contributed by atoms with Gasteiger partial charge in [-0.05, 0) is 50.5 Å². The van der Waals surface area contributed by atoms with Crippen LogP contribution in [0.5, 0.6) is 0 Å². The van der Waals surface area contributed by atoms with Gasteiger partial charge in [0, 0.05) is 42.3 Å². The SMILES string of the molecule is CC1C2CCCC1CC(NC(=O)c1cc(Cl)cc3oc(N4[C@@H](C)CNC[C@@H]4C)nc13)C2. The first-order chi connectivity index (χ1) is 14.9. The molecule has 1 amide bonds. The minimum atomic E-state index is -0.0913. The summed E-state index contributed by atoms with van der Waals surface area (Å²) in [5, 5.41) is 7.23. The zero-order valence-corrected chi connectivity index (χ0v) is 19.4. The van der Waals surface area contributed by atoms with Crippen LogP contribution in [0.15, 0.2) is 16.5 Å². The molecule has 0 radical (unpaired) electrons. The molecule has 2 N–H and O–H groups in total. The normalized spacial score (nSPS) is 33.5. The molecule has 1 aromatic carbocycles. The maximum Gasteiger partial charge on any atom is 0.298 e. The predicted molar refractivity (Wildman–Crippen MR) is 124 cm³/mol. The highest BCUT2D eigenvalue weighted by molar-refractivity contribution is 6.32. The van der Waals surface area contributed by atoms with Crippen LogP contribution in [0, 0.1) is 17.8 Å². The first kappa shape index (κ1) is 21.1. The zero-order chi connectivity index (χ0) is 21.7. The van der Waals surface area contributed by atoms with E-state index in [-0.39, 0.29) is 24.0 Å². The number of oxazole rings is 1. The first-order valence-electron chi connectivity index (χ1n) is 11.8. The van der Waals surface area contributed by atoms with Gasteiger partial charge < -0.3 is 20.0 Å². The van der Waals surface area contributed by atoms with Crippen molar-refractivity contribution < 1.29 is 9.21 Å². The summed E-state index contributed by atoms with van der Waals surface area (Å²) < 4.78 is 6.11. The largest absolute Gasteiger partial charge is 0.423 e. The molecule has 2 unspecified atom stereocenters. The maximum atomic E-state index is 13.3. The van der Waals surface area contributed by atoms with Gasteiger partial charge in [0.25, 0.3) is 11.9 Å². The molecule has 4 atom stereocenters. The van der Waals surface area contributed by atoms with Crippen molar-refractivity contribution in [2.45, 2.75) is 71.0 Å². The van der Waals surface area contributed by atoms with Crippen molar-refractivity contribution in [3.8, 4) is 0 Å². The van der Waals surface area contributed by atoms with Gasteiger partial charge in [0.2, 0.25) is 0 Å². The fraction of sp³-hybridized carbons (Fsp3) is 0.667. The van der Waals surface area contributed by atoms with Crippen molar-refractivity contribution in [3.05, 3.63) is 22.7 Å². The van der Waals surface area contributed by atoms with Crippen LogP contribution in [0.2, 0.25) is 5.02 Å². The molecule has 3 aliphatic rings. The number of nitrogens with zero attached hydrogens (tertiary/aromatic N) is 2. The number of hydrogen-bond donors (Lipinski definition) is 2. The number of fused-ring (bicyclic) bond motifs is 3. The van der Waals surface area contributed by atoms with Gasteiger partial charge in [0.05, 0.1) is 5.56 Å². The van der Waals surface area contributed by atoms with Gasteiger partial charge in [-0.3, -0.25) is 4.79 Å². The molecule has 2 aliphatic carbocycles. The summed E-state index contributed by atoms with van der Waals surface area (Å²) in [4.78, 5) is 20.3. The number of nitrogens with one attached hydrogen (secondary N) is 2. The van der Waals surface area contributed by atoms with E-state index in [0.717, 1.165) is 43.7 Å². The summed E-state index contributed by atoms with van der Waals surface area (Å²) in [6.07, 6.45) is 6.07. The van der Waals surface area contributed by atoms with Crippen LogP contribution in [0.1, 0.15) is 63.2 Å². The molecule has 1 aromatic heterocycles. The molecule has 2 heterocycles. The second-order valence-corrected chi connectivity index (χ2v) is 10.4. The average molecular weight is 445 g/mol. The smallest absolute Gasteiger partial charge is 0.298 e. The number of amides is 1. The molecule has 7 heteroatoms. The van der Waals surface area contributed by atoms with Gasteiger partial charge >= 0.3 is 0 Å². The van der Waals surface area contributed by atoms with E-state index in [1.165, 1.54) is 19.3 Å². The number of carbonyl (C=O) groups is 1. The summed E-state index contributed by atoms with van der Waals surface area (Å²) in [5.74, 6) is 2.14. The molecule has 0 spiro atoms. The summed E-state index contributed by atoms with van der Waals surface area (Å²) in [5.41, 5.74) is 1.68. The van der Waals surface area contributed by atoms with E-state index in [2.05, 4.69) is 36.3 Å². The van der Waals surface area contributed by atoms with Gasteiger partial charge in [-0.15, -0.1) is 0 Å². The van der Waals surface area contributed by atoms with Crippen LogP contribution in [-0.2, 0) is 0 Å². The lowest BCUT2D eigenvalue weighted by atomic mass is 9.64. The van der Waals surface area contributed by atoms with Crippen LogP contribution in [0.3, 0.4) is 0 Å². The van der Waals surface area contributed by atoms with Crippen molar-refractivity contribution in [2.24, 2.45) is 17.8 Å². The fourth-order valence-electron chi connectivity index (χ4n) is 6.20. The Bertz CT molecular complexity index is 952. The molecule has 2 aromatic rings. The Kier molecular flexibility index (Phi) is 5.63. The third-order valence-corrected chi connectivity index (χ3v) is 8.11. The Labute approximate surface area is 189 Å². The number of aromatic nitrogens is 1. The Morgan fingerprint density at radius 3 is 2.52 bits per heavy atom. The number of carbonyl (C=O) groups excluding carboxylic acids is 1. The Hall–Kier alpha value is -1.79. The summed E-state index contributed by atoms with van der Waals surface area (Å²) >= 11 is 6.37. The molecular weight excluding hydrogens is 412 g/mol. The minimum absolute atomic E-state index is 0.0913. The number of rotatable bonds is 3. The number of anilines is 1. The lowest BCUT2D eigenvalue weighted by Crippen LogP contribution is -2.55. The van der Waals surface area contributed by atoms with E-state index in [4.69, 9.17) is 21.0 Å². The van der Waals surface area contributed by atoms with Crippen molar-refractivity contribution in [1.29, 1.82) is 0 Å². The lowest BCUT2D eigenvalue weighted by Gasteiger charge is -2.44. The number of benzene rings is 1. The van der Waals surface area contributed by atoms with Crippen LogP contribution in [0.4, 0.5) is 6.01 Å². The summed E-state index contributed by atoms with van der Waals surface area (Å²) in [7, 11) is 0. The van der Waals surface area contributed by atoms with Crippen molar-refractivity contribution >= 4 is 34.6 Å². The Morgan fingerprint density at radius 1 is 1.16 bits per heavy atom. The standard InChI is InChI=1S/C24H33ClN4O2/c1-13-11-26-12-14(2)29(13)24-28-22-20(9-18(25)10-21(22)31-24)23(30)27-19-7-16-5-4-6-17(8-19)15(16)3/h9-10,13-17,19,26H,4-8,11-12H2,1-3H3,(H,27,30)/t13-,14-,15?,16?,17?,19?/m0/s1. The van der Waals surface area contributed by atoms with Crippen molar-refractivity contribution in [3.63, 3.8) is 0 Å². The third-order valence-electron chi connectivity index (χ3n) is 7.89. The van der Waals surface area contributed by atoms with E-state index in [9.17, 15) is 4.79 Å². The van der Waals surface area contributed by atoms with Crippen LogP contribution < -0.4 is 15.5 Å². The van der Waals surface area contributed by atoms with Crippen LogP contribution in [0.25, 0.3) is 11.1 Å². The van der Waals surface area contributed by atoms with Gasteiger partial charge in [-0.25, -0.2) is 0 Å². The molecular formula is C24H33ClN4O2. The topological polar surface area (TPSA) is 70.4 Å². The average Bonchev–Trinajstić information content (AvgIpc) is 3.11.